The summed E-state index contributed by atoms with van der Waals surface area (Å²) in [5, 5.41) is 9.49. The Morgan fingerprint density at radius 2 is 2.12 bits per heavy atom. The van der Waals surface area contributed by atoms with E-state index in [2.05, 4.69) is 0 Å². The molecule has 1 unspecified atom stereocenters. The Hall–Kier alpha value is -1.71. The third-order valence-electron chi connectivity index (χ3n) is 3.56. The molecule has 0 aliphatic carbocycles. The van der Waals surface area contributed by atoms with Crippen molar-refractivity contribution in [3.05, 3.63) is 23.8 Å². The van der Waals surface area contributed by atoms with Crippen molar-refractivity contribution in [2.75, 3.05) is 6.79 Å². The van der Waals surface area contributed by atoms with Gasteiger partial charge in [0.05, 0.1) is 5.41 Å². The summed E-state index contributed by atoms with van der Waals surface area (Å²) in [4.78, 5) is 11.6. The van der Waals surface area contributed by atoms with E-state index in [-0.39, 0.29) is 12.7 Å². The van der Waals surface area contributed by atoms with Gasteiger partial charge in [0.2, 0.25) is 6.79 Å². The number of aliphatic carboxylic acids is 1. The van der Waals surface area contributed by atoms with Crippen molar-refractivity contribution in [3.63, 3.8) is 0 Å². The molecule has 4 nitrogen and oxygen atoms in total. The molecule has 0 radical (unpaired) electrons. The molecule has 0 saturated carbocycles. The van der Waals surface area contributed by atoms with Crippen LogP contribution in [-0.2, 0) is 10.2 Å². The summed E-state index contributed by atoms with van der Waals surface area (Å²) in [6.45, 7) is 5.66. The number of benzene rings is 1. The Morgan fingerprint density at radius 1 is 1.41 bits per heavy atom. The fraction of sp³-hybridized carbons (Fsp3) is 0.462. The van der Waals surface area contributed by atoms with E-state index in [4.69, 9.17) is 9.47 Å². The first kappa shape index (κ1) is 11.8. The number of carboxylic acid groups (broad SMARTS) is 1. The molecule has 1 atom stereocenters. The lowest BCUT2D eigenvalue weighted by Gasteiger charge is -2.30. The van der Waals surface area contributed by atoms with E-state index in [1.165, 1.54) is 0 Å². The van der Waals surface area contributed by atoms with Crippen LogP contribution in [0.2, 0.25) is 0 Å². The molecule has 4 heteroatoms. The molecule has 0 fully saturated rings. The third kappa shape index (κ3) is 1.64. The average Bonchev–Trinajstić information content (AvgIpc) is 2.74. The van der Waals surface area contributed by atoms with E-state index in [0.717, 1.165) is 0 Å². The van der Waals surface area contributed by atoms with Crippen LogP contribution in [0.25, 0.3) is 0 Å². The van der Waals surface area contributed by atoms with Gasteiger partial charge in [-0.15, -0.1) is 0 Å². The average molecular weight is 236 g/mol. The van der Waals surface area contributed by atoms with Crippen molar-refractivity contribution in [1.29, 1.82) is 0 Å². The molecule has 0 aromatic heterocycles. The van der Waals surface area contributed by atoms with E-state index in [9.17, 15) is 9.90 Å². The minimum atomic E-state index is -0.973. The number of carbonyl (C=O) groups is 1. The zero-order valence-corrected chi connectivity index (χ0v) is 10.2. The first-order chi connectivity index (χ1) is 7.98. The number of hydrogen-bond donors (Lipinski definition) is 1. The summed E-state index contributed by atoms with van der Waals surface area (Å²) in [6.07, 6.45) is 0. The van der Waals surface area contributed by atoms with Crippen LogP contribution in [-0.4, -0.2) is 17.9 Å². The molecule has 0 saturated heterocycles. The molecule has 0 bridgehead atoms. The molecule has 1 heterocycles. The molecule has 0 amide bonds. The van der Waals surface area contributed by atoms with E-state index >= 15 is 0 Å². The zero-order chi connectivity index (χ0) is 12.6. The smallest absolute Gasteiger partial charge is 0.314 e. The molecule has 1 aromatic rings. The van der Waals surface area contributed by atoms with Gasteiger partial charge in [-0.2, -0.15) is 0 Å². The molecule has 17 heavy (non-hydrogen) atoms. The van der Waals surface area contributed by atoms with Gasteiger partial charge in [-0.05, 0) is 18.9 Å². The fourth-order valence-corrected chi connectivity index (χ4v) is 2.01. The maximum atomic E-state index is 11.6. The number of ether oxygens (including phenoxy) is 2. The van der Waals surface area contributed by atoms with Gasteiger partial charge in [0.15, 0.2) is 11.5 Å². The van der Waals surface area contributed by atoms with Crippen molar-refractivity contribution in [2.45, 2.75) is 26.2 Å². The van der Waals surface area contributed by atoms with E-state index in [1.807, 2.05) is 13.8 Å². The molecule has 0 spiro atoms. The molecular formula is C13H16O4. The van der Waals surface area contributed by atoms with Crippen LogP contribution in [0, 0.1) is 5.92 Å². The lowest BCUT2D eigenvalue weighted by molar-refractivity contribution is -0.145. The van der Waals surface area contributed by atoms with Crippen molar-refractivity contribution < 1.29 is 19.4 Å². The van der Waals surface area contributed by atoms with Crippen molar-refractivity contribution in [1.82, 2.24) is 0 Å². The van der Waals surface area contributed by atoms with E-state index in [1.54, 1.807) is 25.1 Å². The summed E-state index contributed by atoms with van der Waals surface area (Å²) in [6, 6.07) is 5.38. The Morgan fingerprint density at radius 3 is 2.71 bits per heavy atom. The van der Waals surface area contributed by atoms with Crippen LogP contribution < -0.4 is 9.47 Å². The quantitative estimate of drug-likeness (QED) is 0.875. The largest absolute Gasteiger partial charge is 0.481 e. The summed E-state index contributed by atoms with van der Waals surface area (Å²) in [5.74, 6) is 0.286. The first-order valence-corrected chi connectivity index (χ1v) is 5.60. The number of rotatable bonds is 3. The third-order valence-corrected chi connectivity index (χ3v) is 3.56. The Balaban J connectivity index is 2.59. The summed E-state index contributed by atoms with van der Waals surface area (Å²) >= 11 is 0. The number of carboxylic acids is 1. The molecular weight excluding hydrogens is 220 g/mol. The number of para-hydroxylation sites is 1. The highest BCUT2D eigenvalue weighted by molar-refractivity contribution is 5.83. The molecule has 1 aromatic carbocycles. The summed E-state index contributed by atoms with van der Waals surface area (Å²) in [7, 11) is 0. The van der Waals surface area contributed by atoms with Gasteiger partial charge in [-0.25, -0.2) is 0 Å². The van der Waals surface area contributed by atoms with E-state index < -0.39 is 11.4 Å². The zero-order valence-electron chi connectivity index (χ0n) is 10.2. The van der Waals surface area contributed by atoms with Crippen LogP contribution in [0.4, 0.5) is 0 Å². The van der Waals surface area contributed by atoms with Crippen molar-refractivity contribution in [3.8, 4) is 11.5 Å². The second-order valence-electron chi connectivity index (χ2n) is 4.70. The minimum Gasteiger partial charge on any atom is -0.481 e. The predicted octanol–water partition coefficient (Wildman–Crippen LogP) is 2.41. The highest BCUT2D eigenvalue weighted by Gasteiger charge is 2.42. The normalized spacial score (nSPS) is 16.9. The SMILES string of the molecule is CC(C)C(C)(C(=O)O)c1cccc2c1OCO2. The van der Waals surface area contributed by atoms with Crippen molar-refractivity contribution in [2.24, 2.45) is 5.92 Å². The van der Waals surface area contributed by atoms with Gasteiger partial charge in [-0.3, -0.25) is 4.79 Å². The summed E-state index contributed by atoms with van der Waals surface area (Å²) in [5.41, 5.74) is -0.297. The monoisotopic (exact) mass is 236 g/mol. The second kappa shape index (κ2) is 3.95. The van der Waals surface area contributed by atoms with Crippen LogP contribution in [0.3, 0.4) is 0 Å². The molecule has 92 valence electrons. The van der Waals surface area contributed by atoms with Gasteiger partial charge in [0.1, 0.15) is 0 Å². The lowest BCUT2D eigenvalue weighted by atomic mass is 9.73. The minimum absolute atomic E-state index is 0.0456. The van der Waals surface area contributed by atoms with Crippen LogP contribution in [0.1, 0.15) is 26.3 Å². The highest BCUT2D eigenvalue weighted by atomic mass is 16.7. The van der Waals surface area contributed by atoms with Gasteiger partial charge >= 0.3 is 5.97 Å². The van der Waals surface area contributed by atoms with Crippen molar-refractivity contribution >= 4 is 5.97 Å². The fourth-order valence-electron chi connectivity index (χ4n) is 2.01. The van der Waals surface area contributed by atoms with Crippen LogP contribution in [0.15, 0.2) is 18.2 Å². The second-order valence-corrected chi connectivity index (χ2v) is 4.70. The molecule has 2 rings (SSSR count). The maximum absolute atomic E-state index is 11.6. The van der Waals surface area contributed by atoms with Gasteiger partial charge in [0.25, 0.3) is 0 Å². The first-order valence-electron chi connectivity index (χ1n) is 5.60. The van der Waals surface area contributed by atoms with Crippen LogP contribution >= 0.6 is 0 Å². The van der Waals surface area contributed by atoms with E-state index in [0.29, 0.717) is 17.1 Å². The Bertz CT molecular complexity index is 453. The molecule has 1 aliphatic heterocycles. The maximum Gasteiger partial charge on any atom is 0.314 e. The van der Waals surface area contributed by atoms with Crippen LogP contribution in [0.5, 0.6) is 11.5 Å². The summed E-state index contributed by atoms with van der Waals surface area (Å²) < 4.78 is 10.7. The number of fused-ring (bicyclic) bond motifs is 1. The van der Waals surface area contributed by atoms with Gasteiger partial charge in [-0.1, -0.05) is 26.0 Å². The predicted molar refractivity (Wildman–Crippen MR) is 62.4 cm³/mol. The lowest BCUT2D eigenvalue weighted by Crippen LogP contribution is -2.38. The number of hydrogen-bond acceptors (Lipinski definition) is 3. The highest BCUT2D eigenvalue weighted by Crippen LogP contribution is 2.44. The topological polar surface area (TPSA) is 55.8 Å². The molecule has 1 aliphatic rings. The Kier molecular flexibility index (Phi) is 2.73. The molecule has 1 N–H and O–H groups in total. The standard InChI is InChI=1S/C13H16O4/c1-8(2)13(3,12(14)15)9-5-4-6-10-11(9)17-7-16-10/h4-6,8H,7H2,1-3H3,(H,14,15). The Labute approximate surface area is 100 Å². The van der Waals surface area contributed by atoms with Gasteiger partial charge < -0.3 is 14.6 Å². The van der Waals surface area contributed by atoms with Gasteiger partial charge in [0, 0.05) is 5.56 Å².